The van der Waals surface area contributed by atoms with E-state index in [0.29, 0.717) is 17.7 Å². The van der Waals surface area contributed by atoms with E-state index < -0.39 is 29.8 Å². The Balaban J connectivity index is 2.06. The summed E-state index contributed by atoms with van der Waals surface area (Å²) in [5, 5.41) is 9.40. The smallest absolute Gasteiger partial charge is 0.411 e. The van der Waals surface area contributed by atoms with Crippen molar-refractivity contribution in [3.8, 4) is 5.75 Å². The molecule has 26 heavy (non-hydrogen) atoms. The highest BCUT2D eigenvalue weighted by molar-refractivity contribution is 5.95. The van der Waals surface area contributed by atoms with Crippen LogP contribution >= 0.6 is 0 Å². The second-order valence-corrected chi connectivity index (χ2v) is 7.26. The van der Waals surface area contributed by atoms with E-state index in [-0.39, 0.29) is 18.7 Å². The minimum absolute atomic E-state index is 0.0412. The summed E-state index contributed by atoms with van der Waals surface area (Å²) in [6, 6.07) is 5.71. The minimum atomic E-state index is -1.09. The minimum Gasteiger partial charge on any atom is -0.488 e. The summed E-state index contributed by atoms with van der Waals surface area (Å²) in [6.45, 7) is 7.10. The van der Waals surface area contributed by atoms with Gasteiger partial charge in [0, 0.05) is 18.4 Å². The maximum absolute atomic E-state index is 12.3. The fourth-order valence-corrected chi connectivity index (χ4v) is 2.76. The van der Waals surface area contributed by atoms with Crippen molar-refractivity contribution in [3.05, 3.63) is 29.8 Å². The molecule has 2 atom stereocenters. The van der Waals surface area contributed by atoms with Crippen LogP contribution in [0.5, 0.6) is 5.75 Å². The van der Waals surface area contributed by atoms with Crippen LogP contribution in [0.4, 0.5) is 4.79 Å². The number of carbonyl (C=O) groups excluding carboxylic acids is 2. The molecule has 0 aromatic heterocycles. The predicted molar refractivity (Wildman–Crippen MR) is 94.5 cm³/mol. The van der Waals surface area contributed by atoms with Crippen LogP contribution in [0.3, 0.4) is 0 Å². The largest absolute Gasteiger partial charge is 0.488 e. The molecule has 0 spiro atoms. The molecule has 1 aromatic carbocycles. The van der Waals surface area contributed by atoms with Crippen molar-refractivity contribution in [2.24, 2.45) is 0 Å². The Morgan fingerprint density at radius 2 is 1.81 bits per heavy atom. The summed E-state index contributed by atoms with van der Waals surface area (Å²) < 4.78 is 11.1. The lowest BCUT2D eigenvalue weighted by Gasteiger charge is -2.26. The van der Waals surface area contributed by atoms with Crippen molar-refractivity contribution in [1.29, 1.82) is 0 Å². The highest BCUT2D eigenvalue weighted by atomic mass is 16.6. The van der Waals surface area contributed by atoms with Crippen LogP contribution in [0, 0.1) is 0 Å². The average Bonchev–Trinajstić information content (AvgIpc) is 2.97. The van der Waals surface area contributed by atoms with Gasteiger partial charge >= 0.3 is 12.1 Å². The predicted octanol–water partition coefficient (Wildman–Crippen LogP) is 3.12. The number of aliphatic carboxylic acids is 1. The van der Waals surface area contributed by atoms with Crippen molar-refractivity contribution in [2.45, 2.75) is 58.3 Å². The highest BCUT2D eigenvalue weighted by Crippen LogP contribution is 2.25. The number of ether oxygens (including phenoxy) is 2. The van der Waals surface area contributed by atoms with Crippen LogP contribution < -0.4 is 4.74 Å². The molecule has 1 heterocycles. The summed E-state index contributed by atoms with van der Waals surface area (Å²) in [6.07, 6.45) is -0.533. The third kappa shape index (κ3) is 4.97. The van der Waals surface area contributed by atoms with Gasteiger partial charge in [0.25, 0.3) is 0 Å². The van der Waals surface area contributed by atoms with E-state index in [0.717, 1.165) is 0 Å². The molecular weight excluding hydrogens is 338 g/mol. The quantitative estimate of drug-likeness (QED) is 0.808. The van der Waals surface area contributed by atoms with E-state index in [1.54, 1.807) is 52.0 Å². The van der Waals surface area contributed by atoms with Crippen LogP contribution in [0.25, 0.3) is 0 Å². The Hall–Kier alpha value is -2.57. The van der Waals surface area contributed by atoms with Crippen LogP contribution in [-0.2, 0) is 9.53 Å². The maximum atomic E-state index is 12.3. The lowest BCUT2D eigenvalue weighted by molar-refractivity contribution is -0.142. The van der Waals surface area contributed by atoms with Crippen molar-refractivity contribution in [2.75, 3.05) is 6.54 Å². The van der Waals surface area contributed by atoms with Crippen molar-refractivity contribution in [1.82, 2.24) is 4.90 Å². The zero-order chi connectivity index (χ0) is 19.5. The molecule has 1 aromatic rings. The first kappa shape index (κ1) is 19.8. The molecule has 0 unspecified atom stereocenters. The van der Waals surface area contributed by atoms with Gasteiger partial charge in [0.2, 0.25) is 0 Å². The van der Waals surface area contributed by atoms with E-state index in [9.17, 15) is 19.5 Å². The summed E-state index contributed by atoms with van der Waals surface area (Å²) in [5.41, 5.74) is -0.106. The number of benzene rings is 1. The lowest BCUT2D eigenvalue weighted by Crippen LogP contribution is -2.43. The molecule has 7 nitrogen and oxygen atoms in total. The normalized spacial score (nSPS) is 19.9. The fraction of sp³-hybridized carbons (Fsp3) is 0.526. The first-order valence-corrected chi connectivity index (χ1v) is 8.63. The zero-order valence-corrected chi connectivity index (χ0v) is 15.5. The van der Waals surface area contributed by atoms with E-state index in [1.165, 1.54) is 4.90 Å². The highest BCUT2D eigenvalue weighted by Gasteiger charge is 2.42. The standard InChI is InChI=1S/C19H25NO6/c1-5-16(21)12-6-8-13(9-7-12)25-14-10-15(17(22)23)20(11-14)18(24)26-19(2,3)4/h6-9,14-15H,5,10-11H2,1-4H3,(H,22,23)/t14-,15-/m0/s1. The van der Waals surface area contributed by atoms with E-state index in [4.69, 9.17) is 9.47 Å². The Bertz CT molecular complexity index is 676. The first-order valence-electron chi connectivity index (χ1n) is 8.63. The van der Waals surface area contributed by atoms with Crippen LogP contribution in [0.2, 0.25) is 0 Å². The van der Waals surface area contributed by atoms with Gasteiger partial charge in [-0.15, -0.1) is 0 Å². The number of Topliss-reactive ketones (excluding diaryl/α,β-unsaturated/α-hetero) is 1. The first-order chi connectivity index (χ1) is 12.1. The summed E-state index contributed by atoms with van der Waals surface area (Å²) >= 11 is 0. The number of carbonyl (C=O) groups is 3. The van der Waals surface area contributed by atoms with Crippen molar-refractivity contribution >= 4 is 17.8 Å². The molecule has 0 saturated carbocycles. The van der Waals surface area contributed by atoms with Gasteiger partial charge in [-0.1, -0.05) is 6.92 Å². The molecule has 2 rings (SSSR count). The zero-order valence-electron chi connectivity index (χ0n) is 15.5. The summed E-state index contributed by atoms with van der Waals surface area (Å²) in [4.78, 5) is 36.6. The number of ketones is 1. The van der Waals surface area contributed by atoms with Crippen LogP contribution in [0.1, 0.15) is 50.9 Å². The molecule has 1 fully saturated rings. The number of hydrogen-bond donors (Lipinski definition) is 1. The second-order valence-electron chi connectivity index (χ2n) is 7.26. The molecule has 1 amide bonds. The molecule has 7 heteroatoms. The molecule has 1 saturated heterocycles. The van der Waals surface area contributed by atoms with E-state index >= 15 is 0 Å². The molecular formula is C19H25NO6. The number of likely N-dealkylation sites (tertiary alicyclic amines) is 1. The topological polar surface area (TPSA) is 93.1 Å². The van der Waals surface area contributed by atoms with Gasteiger partial charge < -0.3 is 14.6 Å². The number of hydrogen-bond acceptors (Lipinski definition) is 5. The van der Waals surface area contributed by atoms with Gasteiger partial charge in [0.05, 0.1) is 6.54 Å². The Morgan fingerprint density at radius 3 is 2.31 bits per heavy atom. The van der Waals surface area contributed by atoms with Gasteiger partial charge in [-0.3, -0.25) is 9.69 Å². The number of amides is 1. The number of nitrogens with zero attached hydrogens (tertiary/aromatic N) is 1. The monoisotopic (exact) mass is 363 g/mol. The summed E-state index contributed by atoms with van der Waals surface area (Å²) in [7, 11) is 0. The molecule has 0 radical (unpaired) electrons. The van der Waals surface area contributed by atoms with Crippen molar-refractivity contribution < 1.29 is 29.0 Å². The van der Waals surface area contributed by atoms with Gasteiger partial charge in [-0.05, 0) is 45.0 Å². The Labute approximate surface area is 152 Å². The van der Waals surface area contributed by atoms with E-state index in [1.807, 2.05) is 0 Å². The molecule has 142 valence electrons. The third-order valence-corrected chi connectivity index (χ3v) is 3.98. The number of carboxylic acid groups (broad SMARTS) is 1. The maximum Gasteiger partial charge on any atom is 0.411 e. The number of rotatable bonds is 5. The molecule has 0 bridgehead atoms. The van der Waals surface area contributed by atoms with Gasteiger partial charge in [-0.25, -0.2) is 9.59 Å². The molecule has 0 aliphatic carbocycles. The Morgan fingerprint density at radius 1 is 1.19 bits per heavy atom. The molecule has 1 aliphatic rings. The van der Waals surface area contributed by atoms with Crippen LogP contribution in [0.15, 0.2) is 24.3 Å². The van der Waals surface area contributed by atoms with Gasteiger partial charge in [0.1, 0.15) is 23.5 Å². The van der Waals surface area contributed by atoms with Gasteiger partial charge in [0.15, 0.2) is 5.78 Å². The third-order valence-electron chi connectivity index (χ3n) is 3.98. The number of carboxylic acids is 1. The Kier molecular flexibility index (Phi) is 5.90. The van der Waals surface area contributed by atoms with Gasteiger partial charge in [-0.2, -0.15) is 0 Å². The SMILES string of the molecule is CCC(=O)c1ccc(O[C@H]2C[C@@H](C(=O)O)N(C(=O)OC(C)(C)C)C2)cc1. The lowest BCUT2D eigenvalue weighted by atomic mass is 10.1. The molecule has 1 N–H and O–H groups in total. The fourth-order valence-electron chi connectivity index (χ4n) is 2.76. The molecule has 1 aliphatic heterocycles. The van der Waals surface area contributed by atoms with E-state index in [2.05, 4.69) is 0 Å². The van der Waals surface area contributed by atoms with Crippen LogP contribution in [-0.4, -0.2) is 52.1 Å². The average molecular weight is 363 g/mol. The second kappa shape index (κ2) is 7.76. The summed E-state index contributed by atoms with van der Waals surface area (Å²) in [5.74, 6) is -0.525. The van der Waals surface area contributed by atoms with Crippen molar-refractivity contribution in [3.63, 3.8) is 0 Å².